The summed E-state index contributed by atoms with van der Waals surface area (Å²) in [6.45, 7) is 0. The van der Waals surface area contributed by atoms with Crippen LogP contribution in [0.3, 0.4) is 0 Å². The molecule has 0 aromatic heterocycles. The lowest BCUT2D eigenvalue weighted by Gasteiger charge is -2.14. The highest BCUT2D eigenvalue weighted by atomic mass is 15.3. The minimum Gasteiger partial charge on any atom is -0.277 e. The van der Waals surface area contributed by atoms with E-state index in [2.05, 4.69) is 90.4 Å². The van der Waals surface area contributed by atoms with Crippen molar-refractivity contribution in [3.8, 4) is 11.1 Å². The molecule has 2 heteroatoms. The number of fused-ring (bicyclic) bond motifs is 1. The van der Waals surface area contributed by atoms with Gasteiger partial charge in [-0.05, 0) is 22.4 Å². The number of rotatable bonds is 5. The maximum Gasteiger partial charge on any atom is 0.0977 e. The van der Waals surface area contributed by atoms with Gasteiger partial charge >= 0.3 is 0 Å². The van der Waals surface area contributed by atoms with Crippen molar-refractivity contribution >= 4 is 22.2 Å². The van der Waals surface area contributed by atoms with Crippen LogP contribution in [0.25, 0.3) is 21.9 Å². The predicted octanol–water partition coefficient (Wildman–Crippen LogP) is 7.37. The number of hydrogen-bond donors (Lipinski definition) is 1. The van der Waals surface area contributed by atoms with E-state index in [1.807, 2.05) is 42.5 Å². The van der Waals surface area contributed by atoms with Gasteiger partial charge in [-0.2, -0.15) is 5.10 Å². The SMILES string of the molecule is c1ccc(C(=NNc2ccc3ccccc3c2-c2ccccc2)c2ccccc2)cc1. The Morgan fingerprint density at radius 3 is 1.71 bits per heavy atom. The lowest BCUT2D eigenvalue weighted by Crippen LogP contribution is -2.07. The van der Waals surface area contributed by atoms with Crippen LogP contribution >= 0.6 is 0 Å². The molecule has 5 aromatic rings. The summed E-state index contributed by atoms with van der Waals surface area (Å²) >= 11 is 0. The third-order valence-electron chi connectivity index (χ3n) is 5.37. The van der Waals surface area contributed by atoms with Gasteiger partial charge in [0.15, 0.2) is 0 Å². The minimum absolute atomic E-state index is 0.911. The van der Waals surface area contributed by atoms with Crippen LogP contribution in [0.2, 0.25) is 0 Å². The van der Waals surface area contributed by atoms with Gasteiger partial charge in [0.1, 0.15) is 0 Å². The summed E-state index contributed by atoms with van der Waals surface area (Å²) in [6.07, 6.45) is 0. The van der Waals surface area contributed by atoms with Crippen LogP contribution in [0.15, 0.2) is 132 Å². The molecule has 31 heavy (non-hydrogen) atoms. The third kappa shape index (κ3) is 3.96. The highest BCUT2D eigenvalue weighted by Crippen LogP contribution is 2.35. The van der Waals surface area contributed by atoms with E-state index in [0.29, 0.717) is 0 Å². The first-order valence-corrected chi connectivity index (χ1v) is 10.4. The summed E-state index contributed by atoms with van der Waals surface area (Å²) in [5.41, 5.74) is 9.75. The molecule has 2 nitrogen and oxygen atoms in total. The largest absolute Gasteiger partial charge is 0.277 e. The number of nitrogens with one attached hydrogen (secondary N) is 1. The van der Waals surface area contributed by atoms with Crippen LogP contribution in [0.5, 0.6) is 0 Å². The lowest BCUT2D eigenvalue weighted by atomic mass is 9.96. The van der Waals surface area contributed by atoms with Gasteiger partial charge < -0.3 is 0 Å². The zero-order chi connectivity index (χ0) is 20.9. The molecule has 0 aliphatic heterocycles. The molecule has 5 aromatic carbocycles. The second kappa shape index (κ2) is 8.68. The Hall–Kier alpha value is -4.17. The molecule has 0 saturated heterocycles. The van der Waals surface area contributed by atoms with E-state index in [1.165, 1.54) is 10.8 Å². The first-order chi connectivity index (χ1) is 15.4. The summed E-state index contributed by atoms with van der Waals surface area (Å²) in [7, 11) is 0. The van der Waals surface area contributed by atoms with Gasteiger partial charge in [-0.25, -0.2) is 0 Å². The first-order valence-electron chi connectivity index (χ1n) is 10.4. The van der Waals surface area contributed by atoms with E-state index in [1.54, 1.807) is 0 Å². The van der Waals surface area contributed by atoms with Crippen LogP contribution in [-0.4, -0.2) is 5.71 Å². The molecule has 0 heterocycles. The van der Waals surface area contributed by atoms with Crippen LogP contribution in [-0.2, 0) is 0 Å². The van der Waals surface area contributed by atoms with E-state index in [9.17, 15) is 0 Å². The van der Waals surface area contributed by atoms with Crippen LogP contribution in [0.4, 0.5) is 5.69 Å². The fraction of sp³-hybridized carbons (Fsp3) is 0. The molecule has 0 atom stereocenters. The molecule has 0 unspecified atom stereocenters. The van der Waals surface area contributed by atoms with Crippen molar-refractivity contribution in [2.75, 3.05) is 5.43 Å². The smallest absolute Gasteiger partial charge is 0.0977 e. The first kappa shape index (κ1) is 18.8. The van der Waals surface area contributed by atoms with Gasteiger partial charge in [-0.1, -0.05) is 121 Å². The number of anilines is 1. The van der Waals surface area contributed by atoms with Gasteiger partial charge in [0.2, 0.25) is 0 Å². The Kier molecular flexibility index (Phi) is 5.27. The average Bonchev–Trinajstić information content (AvgIpc) is 2.86. The highest BCUT2D eigenvalue weighted by Gasteiger charge is 2.11. The number of hydrogen-bond acceptors (Lipinski definition) is 2. The van der Waals surface area contributed by atoms with Crippen LogP contribution in [0.1, 0.15) is 11.1 Å². The van der Waals surface area contributed by atoms with Crippen molar-refractivity contribution in [2.24, 2.45) is 5.10 Å². The Balaban J connectivity index is 1.65. The minimum atomic E-state index is 0.911. The standard InChI is InChI=1S/C29H22N2/c1-4-13-23(14-5-1)28-26-19-11-10-12-22(26)20-21-27(28)30-31-29(24-15-6-2-7-16-24)25-17-8-3-9-18-25/h1-21,30H. The van der Waals surface area contributed by atoms with Crippen molar-refractivity contribution in [3.05, 3.63) is 139 Å². The Morgan fingerprint density at radius 1 is 0.516 bits per heavy atom. The molecular weight excluding hydrogens is 376 g/mol. The average molecular weight is 399 g/mol. The molecule has 148 valence electrons. The monoisotopic (exact) mass is 398 g/mol. The zero-order valence-corrected chi connectivity index (χ0v) is 17.1. The van der Waals surface area contributed by atoms with Crippen molar-refractivity contribution in [1.29, 1.82) is 0 Å². The maximum absolute atomic E-state index is 4.89. The Bertz CT molecular complexity index is 1280. The second-order valence-electron chi connectivity index (χ2n) is 7.38. The second-order valence-corrected chi connectivity index (χ2v) is 7.38. The summed E-state index contributed by atoms with van der Waals surface area (Å²) in [4.78, 5) is 0. The summed E-state index contributed by atoms with van der Waals surface area (Å²) in [5.74, 6) is 0. The molecule has 0 aliphatic carbocycles. The molecular formula is C29H22N2. The molecule has 0 aliphatic rings. The summed E-state index contributed by atoms with van der Waals surface area (Å²) in [5, 5.41) is 7.31. The fourth-order valence-corrected chi connectivity index (χ4v) is 3.88. The van der Waals surface area contributed by atoms with Gasteiger partial charge in [-0.15, -0.1) is 0 Å². The third-order valence-corrected chi connectivity index (χ3v) is 5.37. The van der Waals surface area contributed by atoms with Crippen molar-refractivity contribution in [2.45, 2.75) is 0 Å². The van der Waals surface area contributed by atoms with Gasteiger partial charge in [0.25, 0.3) is 0 Å². The predicted molar refractivity (Wildman–Crippen MR) is 132 cm³/mol. The van der Waals surface area contributed by atoms with E-state index in [4.69, 9.17) is 5.10 Å². The number of nitrogens with zero attached hydrogens (tertiary/aromatic N) is 1. The van der Waals surface area contributed by atoms with E-state index in [-0.39, 0.29) is 0 Å². The van der Waals surface area contributed by atoms with Crippen molar-refractivity contribution in [1.82, 2.24) is 0 Å². The van der Waals surface area contributed by atoms with Crippen molar-refractivity contribution in [3.63, 3.8) is 0 Å². The Labute approximate surface area is 182 Å². The van der Waals surface area contributed by atoms with Gasteiger partial charge in [-0.3, -0.25) is 5.43 Å². The Morgan fingerprint density at radius 2 is 1.06 bits per heavy atom. The van der Waals surface area contributed by atoms with Crippen LogP contribution < -0.4 is 5.43 Å². The van der Waals surface area contributed by atoms with E-state index in [0.717, 1.165) is 33.7 Å². The number of hydrazone groups is 1. The topological polar surface area (TPSA) is 24.4 Å². The van der Waals surface area contributed by atoms with Crippen LogP contribution in [0, 0.1) is 0 Å². The van der Waals surface area contributed by atoms with Crippen molar-refractivity contribution < 1.29 is 0 Å². The van der Waals surface area contributed by atoms with Gasteiger partial charge in [0.05, 0.1) is 11.4 Å². The fourth-order valence-electron chi connectivity index (χ4n) is 3.88. The lowest BCUT2D eigenvalue weighted by molar-refractivity contribution is 1.33. The van der Waals surface area contributed by atoms with E-state index >= 15 is 0 Å². The molecule has 5 rings (SSSR count). The molecule has 0 spiro atoms. The summed E-state index contributed by atoms with van der Waals surface area (Å²) < 4.78 is 0. The molecule has 0 fully saturated rings. The maximum atomic E-state index is 4.89. The molecule has 0 radical (unpaired) electrons. The highest BCUT2D eigenvalue weighted by molar-refractivity contribution is 6.13. The number of benzene rings is 5. The quantitative estimate of drug-likeness (QED) is 0.242. The summed E-state index contributed by atoms with van der Waals surface area (Å²) in [6, 6.07) is 43.8. The molecule has 0 bridgehead atoms. The molecule has 0 saturated carbocycles. The zero-order valence-electron chi connectivity index (χ0n) is 17.1. The normalized spacial score (nSPS) is 10.6. The van der Waals surface area contributed by atoms with E-state index < -0.39 is 0 Å². The molecule has 0 amide bonds. The molecule has 1 N–H and O–H groups in total. The van der Waals surface area contributed by atoms with Gasteiger partial charge in [0, 0.05) is 16.7 Å².